The van der Waals surface area contributed by atoms with E-state index in [1.54, 1.807) is 11.8 Å². The second kappa shape index (κ2) is 3.57. The van der Waals surface area contributed by atoms with E-state index in [4.69, 9.17) is 0 Å². The highest BCUT2D eigenvalue weighted by Crippen LogP contribution is 2.26. The van der Waals surface area contributed by atoms with Crippen LogP contribution < -0.4 is 0 Å². The Morgan fingerprint density at radius 1 is 1.31 bits per heavy atom. The van der Waals surface area contributed by atoms with Crippen LogP contribution in [0.15, 0.2) is 29.2 Å². The molecule has 1 N–H and O–H groups in total. The number of hydrogen-bond acceptors (Lipinski definition) is 4. The third kappa shape index (κ3) is 1.55. The van der Waals surface area contributed by atoms with Gasteiger partial charge in [-0.2, -0.15) is 5.21 Å². The van der Waals surface area contributed by atoms with Crippen LogP contribution in [0.25, 0.3) is 11.4 Å². The van der Waals surface area contributed by atoms with E-state index in [9.17, 15) is 0 Å². The zero-order valence-corrected chi connectivity index (χ0v) is 7.88. The Kier molecular flexibility index (Phi) is 2.27. The Labute approximate surface area is 79.8 Å². The van der Waals surface area contributed by atoms with Crippen LogP contribution >= 0.6 is 11.8 Å². The van der Waals surface area contributed by atoms with Crippen molar-refractivity contribution in [3.8, 4) is 11.4 Å². The molecule has 1 heterocycles. The predicted octanol–water partition coefficient (Wildman–Crippen LogP) is 1.59. The summed E-state index contributed by atoms with van der Waals surface area (Å²) in [5.41, 5.74) is 1.02. The van der Waals surface area contributed by atoms with Crippen LogP contribution in [0, 0.1) is 0 Å². The summed E-state index contributed by atoms with van der Waals surface area (Å²) in [5.74, 6) is 0.643. The van der Waals surface area contributed by atoms with Gasteiger partial charge in [0.05, 0.1) is 0 Å². The Balaban J connectivity index is 2.51. The SMILES string of the molecule is CSc1ccccc1-c1nn[nH]n1. The topological polar surface area (TPSA) is 54.5 Å². The molecule has 1 aromatic heterocycles. The first-order valence-corrected chi connectivity index (χ1v) is 5.01. The van der Waals surface area contributed by atoms with Crippen molar-refractivity contribution in [3.63, 3.8) is 0 Å². The minimum atomic E-state index is 0.643. The number of benzene rings is 1. The fourth-order valence-corrected chi connectivity index (χ4v) is 1.70. The van der Waals surface area contributed by atoms with Crippen LogP contribution in [0.3, 0.4) is 0 Å². The van der Waals surface area contributed by atoms with Crippen LogP contribution in [0.4, 0.5) is 0 Å². The number of nitrogens with zero attached hydrogens (tertiary/aromatic N) is 3. The van der Waals surface area contributed by atoms with Crippen LogP contribution in [0.5, 0.6) is 0 Å². The molecular weight excluding hydrogens is 184 g/mol. The molecule has 2 rings (SSSR count). The Morgan fingerprint density at radius 2 is 2.15 bits per heavy atom. The van der Waals surface area contributed by atoms with Gasteiger partial charge < -0.3 is 0 Å². The summed E-state index contributed by atoms with van der Waals surface area (Å²) in [5, 5.41) is 13.8. The standard InChI is InChI=1S/C8H8N4S/c1-13-7-5-3-2-4-6(7)8-9-11-12-10-8/h2-5H,1H3,(H,9,10,11,12). The van der Waals surface area contributed by atoms with Crippen molar-refractivity contribution in [3.05, 3.63) is 24.3 Å². The lowest BCUT2D eigenvalue weighted by Gasteiger charge is -2.00. The molecule has 0 unspecified atom stereocenters. The summed E-state index contributed by atoms with van der Waals surface area (Å²) in [6, 6.07) is 7.98. The minimum Gasteiger partial charge on any atom is -0.177 e. The number of hydrogen-bond donors (Lipinski definition) is 1. The lowest BCUT2D eigenvalue weighted by molar-refractivity contribution is 0.881. The van der Waals surface area contributed by atoms with Crippen LogP contribution in [-0.4, -0.2) is 26.9 Å². The molecule has 13 heavy (non-hydrogen) atoms. The van der Waals surface area contributed by atoms with Crippen LogP contribution in [0.1, 0.15) is 0 Å². The monoisotopic (exact) mass is 192 g/mol. The van der Waals surface area contributed by atoms with Gasteiger partial charge in [-0.25, -0.2) is 0 Å². The zero-order valence-electron chi connectivity index (χ0n) is 7.06. The number of tetrazole rings is 1. The van der Waals surface area contributed by atoms with Crippen molar-refractivity contribution in [2.75, 3.05) is 6.26 Å². The van der Waals surface area contributed by atoms with Crippen molar-refractivity contribution in [2.24, 2.45) is 0 Å². The largest absolute Gasteiger partial charge is 0.205 e. The highest BCUT2D eigenvalue weighted by Gasteiger charge is 2.06. The molecule has 0 amide bonds. The maximum atomic E-state index is 3.93. The number of H-pyrrole nitrogens is 1. The Hall–Kier alpha value is -1.36. The molecule has 0 aliphatic carbocycles. The third-order valence-electron chi connectivity index (χ3n) is 1.69. The average molecular weight is 192 g/mol. The molecule has 66 valence electrons. The van der Waals surface area contributed by atoms with Gasteiger partial charge in [0.2, 0.25) is 5.82 Å². The van der Waals surface area contributed by atoms with Crippen molar-refractivity contribution < 1.29 is 0 Å². The van der Waals surface area contributed by atoms with Crippen molar-refractivity contribution in [1.82, 2.24) is 20.6 Å². The second-order valence-corrected chi connectivity index (χ2v) is 3.28. The van der Waals surface area contributed by atoms with Gasteiger partial charge in [0.15, 0.2) is 0 Å². The second-order valence-electron chi connectivity index (χ2n) is 2.44. The Morgan fingerprint density at radius 3 is 2.85 bits per heavy atom. The smallest absolute Gasteiger partial charge is 0.177 e. The summed E-state index contributed by atoms with van der Waals surface area (Å²) in [7, 11) is 0. The molecule has 1 aromatic carbocycles. The first-order valence-electron chi connectivity index (χ1n) is 3.78. The van der Waals surface area contributed by atoms with E-state index in [0.717, 1.165) is 10.5 Å². The van der Waals surface area contributed by atoms with Crippen LogP contribution in [0.2, 0.25) is 0 Å². The third-order valence-corrected chi connectivity index (χ3v) is 2.49. The van der Waals surface area contributed by atoms with Gasteiger partial charge in [0.25, 0.3) is 0 Å². The molecule has 0 bridgehead atoms. The molecule has 0 saturated heterocycles. The summed E-state index contributed by atoms with van der Waals surface area (Å²) >= 11 is 1.67. The first-order chi connectivity index (χ1) is 6.42. The molecule has 2 aromatic rings. The van der Waals surface area contributed by atoms with Gasteiger partial charge in [-0.3, -0.25) is 0 Å². The molecule has 0 fully saturated rings. The molecule has 0 saturated carbocycles. The van der Waals surface area contributed by atoms with Gasteiger partial charge in [-0.05, 0) is 23.6 Å². The highest BCUT2D eigenvalue weighted by molar-refractivity contribution is 7.98. The number of thioether (sulfide) groups is 1. The lowest BCUT2D eigenvalue weighted by Crippen LogP contribution is -1.83. The predicted molar refractivity (Wildman–Crippen MR) is 51.4 cm³/mol. The van der Waals surface area contributed by atoms with Crippen molar-refractivity contribution >= 4 is 11.8 Å². The van der Waals surface area contributed by atoms with E-state index >= 15 is 0 Å². The molecule has 0 spiro atoms. The van der Waals surface area contributed by atoms with E-state index in [2.05, 4.69) is 20.6 Å². The van der Waals surface area contributed by atoms with Gasteiger partial charge in [0.1, 0.15) is 0 Å². The van der Waals surface area contributed by atoms with E-state index in [1.165, 1.54) is 0 Å². The number of aromatic amines is 1. The fourth-order valence-electron chi connectivity index (χ4n) is 1.11. The molecule has 4 nitrogen and oxygen atoms in total. The fraction of sp³-hybridized carbons (Fsp3) is 0.125. The van der Waals surface area contributed by atoms with E-state index in [0.29, 0.717) is 5.82 Å². The van der Waals surface area contributed by atoms with Gasteiger partial charge >= 0.3 is 0 Å². The van der Waals surface area contributed by atoms with Crippen LogP contribution in [-0.2, 0) is 0 Å². The lowest BCUT2D eigenvalue weighted by atomic mass is 10.2. The number of aromatic nitrogens is 4. The number of rotatable bonds is 2. The maximum Gasteiger partial charge on any atom is 0.205 e. The van der Waals surface area contributed by atoms with Gasteiger partial charge in [-0.15, -0.1) is 22.0 Å². The Bertz CT molecular complexity index is 385. The normalized spacial score (nSPS) is 10.2. The molecule has 0 atom stereocenters. The molecule has 5 heteroatoms. The maximum absolute atomic E-state index is 3.93. The summed E-state index contributed by atoms with van der Waals surface area (Å²) < 4.78 is 0. The zero-order chi connectivity index (χ0) is 9.10. The van der Waals surface area contributed by atoms with Crippen molar-refractivity contribution in [1.29, 1.82) is 0 Å². The number of nitrogens with one attached hydrogen (secondary N) is 1. The quantitative estimate of drug-likeness (QED) is 0.734. The van der Waals surface area contributed by atoms with Gasteiger partial charge in [-0.1, -0.05) is 12.1 Å². The minimum absolute atomic E-state index is 0.643. The summed E-state index contributed by atoms with van der Waals surface area (Å²) in [6.45, 7) is 0. The van der Waals surface area contributed by atoms with E-state index < -0.39 is 0 Å². The van der Waals surface area contributed by atoms with Gasteiger partial charge in [0, 0.05) is 10.5 Å². The molecular formula is C8H8N4S. The van der Waals surface area contributed by atoms with E-state index in [1.807, 2.05) is 30.5 Å². The average Bonchev–Trinajstić information content (AvgIpc) is 2.70. The molecule has 0 radical (unpaired) electrons. The summed E-state index contributed by atoms with van der Waals surface area (Å²) in [6.07, 6.45) is 2.03. The van der Waals surface area contributed by atoms with E-state index in [-0.39, 0.29) is 0 Å². The first kappa shape index (κ1) is 8.25. The summed E-state index contributed by atoms with van der Waals surface area (Å²) in [4.78, 5) is 1.16. The highest BCUT2D eigenvalue weighted by atomic mass is 32.2. The molecule has 0 aliphatic rings. The molecule has 0 aliphatic heterocycles. The van der Waals surface area contributed by atoms with Crippen molar-refractivity contribution in [2.45, 2.75) is 4.90 Å².